The molecular weight excluding hydrogens is 390 g/mol. The summed E-state index contributed by atoms with van der Waals surface area (Å²) in [5, 5.41) is 8.75. The lowest BCUT2D eigenvalue weighted by Crippen LogP contribution is -2.29. The van der Waals surface area contributed by atoms with E-state index < -0.39 is 0 Å². The van der Waals surface area contributed by atoms with E-state index in [1.165, 1.54) is 4.68 Å². The summed E-state index contributed by atoms with van der Waals surface area (Å²) in [5.74, 6) is -0.196. The van der Waals surface area contributed by atoms with Crippen molar-refractivity contribution in [3.63, 3.8) is 0 Å². The number of anilines is 1. The van der Waals surface area contributed by atoms with Gasteiger partial charge in [0.05, 0.1) is 29.9 Å². The Morgan fingerprint density at radius 1 is 0.968 bits per heavy atom. The molecule has 1 amide bonds. The summed E-state index contributed by atoms with van der Waals surface area (Å²) in [6.07, 6.45) is 1.68. The smallest absolute Gasteiger partial charge is 0.275 e. The first-order valence-electron chi connectivity index (χ1n) is 9.97. The zero-order valence-electron chi connectivity index (χ0n) is 17.4. The minimum atomic E-state index is -0.196. The largest absolute Gasteiger partial charge is 0.378 e. The van der Waals surface area contributed by atoms with Crippen molar-refractivity contribution in [2.45, 2.75) is 13.1 Å². The van der Waals surface area contributed by atoms with Gasteiger partial charge in [0.1, 0.15) is 0 Å². The van der Waals surface area contributed by atoms with Crippen LogP contribution in [0.1, 0.15) is 21.7 Å². The lowest BCUT2D eigenvalue weighted by atomic mass is 10.1. The van der Waals surface area contributed by atoms with Gasteiger partial charge in [-0.3, -0.25) is 14.6 Å². The van der Waals surface area contributed by atoms with Crippen LogP contribution in [0.5, 0.6) is 0 Å². The van der Waals surface area contributed by atoms with Crippen LogP contribution in [-0.4, -0.2) is 34.8 Å². The average molecular weight is 413 g/mol. The van der Waals surface area contributed by atoms with Crippen LogP contribution in [-0.2, 0) is 13.1 Å². The van der Waals surface area contributed by atoms with Crippen LogP contribution in [0.2, 0.25) is 0 Å². The fourth-order valence-corrected chi connectivity index (χ4v) is 3.37. The number of fused-ring (bicyclic) bond motifs is 1. The number of hydrogen-bond acceptors (Lipinski definition) is 5. The molecule has 0 unspecified atom stereocenters. The summed E-state index contributed by atoms with van der Waals surface area (Å²) >= 11 is 0. The van der Waals surface area contributed by atoms with Gasteiger partial charge in [0, 0.05) is 36.9 Å². The first-order chi connectivity index (χ1) is 15.0. The number of pyridine rings is 1. The molecule has 0 aliphatic rings. The summed E-state index contributed by atoms with van der Waals surface area (Å²) in [6.45, 7) is 0.467. The van der Waals surface area contributed by atoms with Crippen molar-refractivity contribution in [3.8, 4) is 0 Å². The predicted octanol–water partition coefficient (Wildman–Crippen LogP) is 2.84. The van der Waals surface area contributed by atoms with Crippen molar-refractivity contribution < 1.29 is 4.79 Å². The van der Waals surface area contributed by atoms with Gasteiger partial charge in [0.25, 0.3) is 11.5 Å². The third-order valence-corrected chi connectivity index (χ3v) is 5.04. The molecule has 0 aliphatic heterocycles. The lowest BCUT2D eigenvalue weighted by Gasteiger charge is -2.13. The minimum Gasteiger partial charge on any atom is -0.378 e. The van der Waals surface area contributed by atoms with E-state index in [1.807, 2.05) is 67.5 Å². The summed E-state index contributed by atoms with van der Waals surface area (Å²) in [5.41, 5.74) is 2.77. The maximum atomic E-state index is 12.9. The van der Waals surface area contributed by atoms with E-state index in [4.69, 9.17) is 0 Å². The van der Waals surface area contributed by atoms with E-state index in [0.29, 0.717) is 16.6 Å². The highest BCUT2D eigenvalue weighted by Gasteiger charge is 2.13. The second kappa shape index (κ2) is 8.79. The molecule has 156 valence electrons. The Morgan fingerprint density at radius 2 is 1.68 bits per heavy atom. The quantitative estimate of drug-likeness (QED) is 0.526. The number of aromatic nitrogens is 3. The molecule has 31 heavy (non-hydrogen) atoms. The number of nitrogens with zero attached hydrogens (tertiary/aromatic N) is 4. The molecule has 0 fully saturated rings. The number of hydrogen-bond donors (Lipinski definition) is 1. The molecule has 7 heteroatoms. The van der Waals surface area contributed by atoms with Gasteiger partial charge in [0.2, 0.25) is 0 Å². The Hall–Kier alpha value is -4.00. The van der Waals surface area contributed by atoms with Crippen molar-refractivity contribution >= 4 is 22.4 Å². The minimum absolute atomic E-state index is 0.185. The van der Waals surface area contributed by atoms with Crippen LogP contribution >= 0.6 is 0 Å². The van der Waals surface area contributed by atoms with Crippen LogP contribution in [0.3, 0.4) is 0 Å². The Morgan fingerprint density at radius 3 is 2.35 bits per heavy atom. The van der Waals surface area contributed by atoms with Gasteiger partial charge in [0.15, 0.2) is 0 Å². The van der Waals surface area contributed by atoms with Crippen molar-refractivity contribution in [2.24, 2.45) is 0 Å². The summed E-state index contributed by atoms with van der Waals surface area (Å²) in [6, 6.07) is 20.2. The molecule has 4 rings (SSSR count). The summed E-state index contributed by atoms with van der Waals surface area (Å²) in [7, 11) is 3.90. The zero-order chi connectivity index (χ0) is 21.8. The SMILES string of the molecule is CN(C)c1ccc(C(=O)NCc2nn(Cc3ccccn3)c(=O)c3ccccc23)cc1. The van der Waals surface area contributed by atoms with E-state index in [9.17, 15) is 9.59 Å². The number of benzene rings is 2. The molecule has 7 nitrogen and oxygen atoms in total. The molecule has 0 atom stereocenters. The number of carbonyl (C=O) groups is 1. The maximum Gasteiger partial charge on any atom is 0.275 e. The number of rotatable bonds is 6. The van der Waals surface area contributed by atoms with Crippen LogP contribution in [0.15, 0.2) is 77.7 Å². The Labute approximate surface area is 180 Å². The number of carbonyl (C=O) groups excluding carboxylic acids is 1. The first kappa shape index (κ1) is 20.3. The van der Waals surface area contributed by atoms with Gasteiger partial charge in [-0.2, -0.15) is 5.10 Å². The second-order valence-electron chi connectivity index (χ2n) is 7.40. The molecular formula is C24H23N5O2. The van der Waals surface area contributed by atoms with Crippen LogP contribution in [0.4, 0.5) is 5.69 Å². The van der Waals surface area contributed by atoms with Crippen molar-refractivity contribution in [3.05, 3.63) is 100 Å². The Kier molecular flexibility index (Phi) is 5.75. The molecule has 4 aromatic rings. The van der Waals surface area contributed by atoms with E-state index in [-0.39, 0.29) is 24.6 Å². The molecule has 0 radical (unpaired) electrons. The first-order valence-corrected chi connectivity index (χ1v) is 9.97. The summed E-state index contributed by atoms with van der Waals surface area (Å²) in [4.78, 5) is 31.8. The second-order valence-corrected chi connectivity index (χ2v) is 7.40. The molecule has 0 saturated heterocycles. The highest BCUT2D eigenvalue weighted by molar-refractivity contribution is 5.94. The molecule has 2 aromatic heterocycles. The van der Waals surface area contributed by atoms with E-state index >= 15 is 0 Å². The maximum absolute atomic E-state index is 12.9. The van der Waals surface area contributed by atoms with Gasteiger partial charge in [-0.05, 0) is 42.5 Å². The molecule has 2 aromatic carbocycles. The highest BCUT2D eigenvalue weighted by Crippen LogP contribution is 2.15. The Balaban J connectivity index is 1.61. The zero-order valence-corrected chi connectivity index (χ0v) is 17.4. The third kappa shape index (κ3) is 4.45. The van der Waals surface area contributed by atoms with Gasteiger partial charge in [-0.1, -0.05) is 24.3 Å². The molecule has 0 bridgehead atoms. The van der Waals surface area contributed by atoms with Crippen molar-refractivity contribution in [1.29, 1.82) is 0 Å². The third-order valence-electron chi connectivity index (χ3n) is 5.04. The number of amides is 1. The van der Waals surface area contributed by atoms with E-state index in [2.05, 4.69) is 15.4 Å². The van der Waals surface area contributed by atoms with Gasteiger partial charge < -0.3 is 10.2 Å². The van der Waals surface area contributed by atoms with Crippen LogP contribution < -0.4 is 15.8 Å². The van der Waals surface area contributed by atoms with Crippen molar-refractivity contribution in [2.75, 3.05) is 19.0 Å². The highest BCUT2D eigenvalue weighted by atomic mass is 16.1. The monoisotopic (exact) mass is 413 g/mol. The summed E-state index contributed by atoms with van der Waals surface area (Å²) < 4.78 is 1.40. The molecule has 0 saturated carbocycles. The van der Waals surface area contributed by atoms with Gasteiger partial charge in [-0.15, -0.1) is 0 Å². The Bertz CT molecular complexity index is 1260. The average Bonchev–Trinajstić information content (AvgIpc) is 2.80. The van der Waals surface area contributed by atoms with Crippen LogP contribution in [0, 0.1) is 0 Å². The van der Waals surface area contributed by atoms with Crippen LogP contribution in [0.25, 0.3) is 10.8 Å². The van der Waals surface area contributed by atoms with Gasteiger partial charge in [-0.25, -0.2) is 4.68 Å². The molecule has 2 heterocycles. The normalized spacial score (nSPS) is 10.8. The van der Waals surface area contributed by atoms with Crippen molar-refractivity contribution in [1.82, 2.24) is 20.1 Å². The fourth-order valence-electron chi connectivity index (χ4n) is 3.37. The van der Waals surface area contributed by atoms with E-state index in [0.717, 1.165) is 16.8 Å². The van der Waals surface area contributed by atoms with E-state index in [1.54, 1.807) is 24.4 Å². The lowest BCUT2D eigenvalue weighted by molar-refractivity contribution is 0.0950. The molecule has 1 N–H and O–H groups in total. The standard InChI is InChI=1S/C24H23N5O2/c1-28(2)19-12-10-17(11-13-19)23(30)26-15-22-20-8-3-4-9-21(20)24(31)29(27-22)16-18-7-5-6-14-25-18/h3-14H,15-16H2,1-2H3,(H,26,30). The molecule has 0 aliphatic carbocycles. The topological polar surface area (TPSA) is 80.1 Å². The predicted molar refractivity (Wildman–Crippen MR) is 121 cm³/mol. The van der Waals surface area contributed by atoms with Gasteiger partial charge >= 0.3 is 0 Å². The number of nitrogens with one attached hydrogen (secondary N) is 1. The molecule has 0 spiro atoms. The fraction of sp³-hybridized carbons (Fsp3) is 0.167.